The zero-order chi connectivity index (χ0) is 20.7. The van der Waals surface area contributed by atoms with E-state index in [1.165, 1.54) is 16.6 Å². The van der Waals surface area contributed by atoms with Gasteiger partial charge >= 0.3 is 0 Å². The summed E-state index contributed by atoms with van der Waals surface area (Å²) in [6.07, 6.45) is 0. The Kier molecular flexibility index (Phi) is 4.10. The highest BCUT2D eigenvalue weighted by Crippen LogP contribution is 2.28. The molecule has 5 rings (SSSR count). The van der Waals surface area contributed by atoms with E-state index in [1.54, 1.807) is 0 Å². The Hall–Kier alpha value is -4.33. The summed E-state index contributed by atoms with van der Waals surface area (Å²) in [6, 6.07) is 21.3. The van der Waals surface area contributed by atoms with Crippen LogP contribution in [0, 0.1) is 0 Å². The lowest BCUT2D eigenvalue weighted by Gasteiger charge is -2.16. The van der Waals surface area contributed by atoms with Crippen LogP contribution in [0.2, 0.25) is 0 Å². The van der Waals surface area contributed by atoms with Crippen molar-refractivity contribution in [1.82, 2.24) is 19.9 Å². The van der Waals surface area contributed by atoms with Crippen molar-refractivity contribution < 1.29 is 9.21 Å². The number of H-pyrrole nitrogens is 1. The van der Waals surface area contributed by atoms with E-state index in [-0.39, 0.29) is 17.1 Å². The van der Waals surface area contributed by atoms with Crippen molar-refractivity contribution in [2.45, 2.75) is 6.04 Å². The number of nitrogens with zero attached hydrogens (tertiary/aromatic N) is 2. The van der Waals surface area contributed by atoms with Crippen LogP contribution >= 0.6 is 0 Å². The highest BCUT2D eigenvalue weighted by atomic mass is 16.3. The van der Waals surface area contributed by atoms with Crippen LogP contribution in [0.4, 0.5) is 5.82 Å². The molecule has 3 heterocycles. The second-order valence-electron chi connectivity index (χ2n) is 6.89. The summed E-state index contributed by atoms with van der Waals surface area (Å²) >= 11 is 0. The van der Waals surface area contributed by atoms with E-state index in [0.29, 0.717) is 11.4 Å². The van der Waals surface area contributed by atoms with Crippen LogP contribution < -0.4 is 16.6 Å². The van der Waals surface area contributed by atoms with Crippen LogP contribution in [0.15, 0.2) is 82.0 Å². The molecule has 0 aliphatic rings. The smallest absolute Gasteiger partial charge is 0.272 e. The molecule has 8 nitrogen and oxygen atoms in total. The summed E-state index contributed by atoms with van der Waals surface area (Å²) in [5.74, 6) is 0.324. The van der Waals surface area contributed by atoms with Crippen molar-refractivity contribution in [3.05, 3.63) is 100 Å². The lowest BCUT2D eigenvalue weighted by atomic mass is 10.0. The molecule has 0 spiro atoms. The average molecular weight is 399 g/mol. The number of nitrogens with one attached hydrogen (secondary N) is 2. The number of nitrogens with two attached hydrogens (primary N) is 1. The molecule has 0 radical (unpaired) electrons. The zero-order valence-corrected chi connectivity index (χ0v) is 15.7. The van der Waals surface area contributed by atoms with E-state index in [2.05, 4.69) is 15.4 Å². The number of aromatic nitrogens is 3. The number of hydrogen-bond acceptors (Lipinski definition) is 5. The number of para-hydroxylation sites is 1. The van der Waals surface area contributed by atoms with Crippen molar-refractivity contribution in [1.29, 1.82) is 0 Å². The Labute approximate surface area is 169 Å². The summed E-state index contributed by atoms with van der Waals surface area (Å²) in [7, 11) is 0. The molecule has 0 saturated heterocycles. The van der Waals surface area contributed by atoms with Gasteiger partial charge in [-0.2, -0.15) is 5.10 Å². The average Bonchev–Trinajstić information content (AvgIpc) is 3.36. The van der Waals surface area contributed by atoms with Gasteiger partial charge in [0.1, 0.15) is 28.9 Å². The third-order valence-corrected chi connectivity index (χ3v) is 4.85. The molecule has 0 saturated carbocycles. The number of benzene rings is 2. The number of hydrogen-bond donors (Lipinski definition) is 3. The fraction of sp³-hybridized carbons (Fsp3) is 0.0455. The maximum Gasteiger partial charge on any atom is 0.272 e. The van der Waals surface area contributed by atoms with Gasteiger partial charge in [0.05, 0.1) is 0 Å². The van der Waals surface area contributed by atoms with Gasteiger partial charge in [-0.15, -0.1) is 0 Å². The largest absolute Gasteiger partial charge is 0.459 e. The van der Waals surface area contributed by atoms with Crippen LogP contribution in [0.5, 0.6) is 0 Å². The molecular weight excluding hydrogens is 382 g/mol. The summed E-state index contributed by atoms with van der Waals surface area (Å²) < 4.78 is 7.32. The van der Waals surface area contributed by atoms with Crippen LogP contribution in [-0.2, 0) is 0 Å². The normalized spacial score (nSPS) is 12.3. The molecule has 0 bridgehead atoms. The monoisotopic (exact) mass is 399 g/mol. The quantitative estimate of drug-likeness (QED) is 0.429. The molecule has 1 amide bonds. The van der Waals surface area contributed by atoms with Gasteiger partial charge in [-0.1, -0.05) is 48.5 Å². The molecule has 5 aromatic rings. The van der Waals surface area contributed by atoms with E-state index < -0.39 is 11.9 Å². The maximum atomic E-state index is 13.0. The minimum absolute atomic E-state index is 0.126. The fourth-order valence-corrected chi connectivity index (χ4v) is 3.45. The Bertz CT molecular complexity index is 1400. The van der Waals surface area contributed by atoms with E-state index in [1.807, 2.05) is 60.7 Å². The van der Waals surface area contributed by atoms with Gasteiger partial charge in [-0.25, -0.2) is 4.52 Å². The minimum atomic E-state index is -0.521. The highest BCUT2D eigenvalue weighted by Gasteiger charge is 2.23. The topological polar surface area (TPSA) is 118 Å². The van der Waals surface area contributed by atoms with Crippen LogP contribution in [0.1, 0.15) is 27.9 Å². The first-order chi connectivity index (χ1) is 14.6. The van der Waals surface area contributed by atoms with Gasteiger partial charge in [0.2, 0.25) is 0 Å². The number of nitrogen functional groups attached to an aromatic ring is 1. The summed E-state index contributed by atoms with van der Waals surface area (Å²) in [4.78, 5) is 27.3. The number of anilines is 1. The number of furan rings is 1. The SMILES string of the molecule is Nc1cc(=O)[nH]c2cc(C(=O)NC(c3ccccc3)c3cc4ccccc4o3)nn12. The number of carbonyl (C=O) groups excluding carboxylic acids is 1. The number of carbonyl (C=O) groups is 1. The predicted molar refractivity (Wildman–Crippen MR) is 112 cm³/mol. The zero-order valence-electron chi connectivity index (χ0n) is 15.7. The summed E-state index contributed by atoms with van der Waals surface area (Å²) in [6.45, 7) is 0. The molecule has 0 aliphatic carbocycles. The predicted octanol–water partition coefficient (Wildman–Crippen LogP) is 2.87. The molecule has 3 aromatic heterocycles. The molecule has 1 atom stereocenters. The Morgan fingerprint density at radius 3 is 2.63 bits per heavy atom. The van der Waals surface area contributed by atoms with E-state index in [4.69, 9.17) is 10.2 Å². The molecule has 8 heteroatoms. The van der Waals surface area contributed by atoms with Crippen molar-refractivity contribution >= 4 is 28.3 Å². The van der Waals surface area contributed by atoms with Crippen LogP contribution in [0.25, 0.3) is 16.6 Å². The highest BCUT2D eigenvalue weighted by molar-refractivity contribution is 5.94. The second kappa shape index (κ2) is 6.93. The summed E-state index contributed by atoms with van der Waals surface area (Å²) in [5, 5.41) is 8.14. The summed E-state index contributed by atoms with van der Waals surface area (Å²) in [5.41, 5.74) is 7.53. The second-order valence-corrected chi connectivity index (χ2v) is 6.89. The van der Waals surface area contributed by atoms with Gasteiger partial charge in [-0.3, -0.25) is 9.59 Å². The first-order valence-electron chi connectivity index (χ1n) is 9.31. The number of amides is 1. The van der Waals surface area contributed by atoms with Crippen LogP contribution in [0.3, 0.4) is 0 Å². The van der Waals surface area contributed by atoms with Crippen molar-refractivity contribution in [2.75, 3.05) is 5.73 Å². The number of aromatic amines is 1. The Balaban J connectivity index is 1.54. The van der Waals surface area contributed by atoms with Crippen molar-refractivity contribution in [2.24, 2.45) is 0 Å². The first kappa shape index (κ1) is 17.7. The van der Waals surface area contributed by atoms with Crippen LogP contribution in [-0.4, -0.2) is 20.5 Å². The lowest BCUT2D eigenvalue weighted by molar-refractivity contribution is 0.0934. The maximum absolute atomic E-state index is 13.0. The molecule has 30 heavy (non-hydrogen) atoms. The Morgan fingerprint density at radius 2 is 1.83 bits per heavy atom. The molecule has 4 N–H and O–H groups in total. The number of fused-ring (bicyclic) bond motifs is 2. The third-order valence-electron chi connectivity index (χ3n) is 4.85. The van der Waals surface area contributed by atoms with E-state index in [9.17, 15) is 9.59 Å². The minimum Gasteiger partial charge on any atom is -0.459 e. The number of rotatable bonds is 4. The fourth-order valence-electron chi connectivity index (χ4n) is 3.45. The molecule has 0 fully saturated rings. The Morgan fingerprint density at radius 1 is 1.07 bits per heavy atom. The van der Waals surface area contributed by atoms with E-state index in [0.717, 1.165) is 16.5 Å². The molecule has 2 aromatic carbocycles. The van der Waals surface area contributed by atoms with Gasteiger partial charge in [-0.05, 0) is 17.7 Å². The van der Waals surface area contributed by atoms with Gasteiger partial charge in [0.15, 0.2) is 5.69 Å². The third kappa shape index (κ3) is 3.10. The van der Waals surface area contributed by atoms with Gasteiger partial charge < -0.3 is 20.5 Å². The molecular formula is C22H17N5O3. The molecule has 1 unspecified atom stereocenters. The molecule has 0 aliphatic heterocycles. The lowest BCUT2D eigenvalue weighted by Crippen LogP contribution is -2.29. The van der Waals surface area contributed by atoms with Gasteiger partial charge in [0, 0.05) is 17.5 Å². The van der Waals surface area contributed by atoms with E-state index >= 15 is 0 Å². The van der Waals surface area contributed by atoms with Gasteiger partial charge in [0.25, 0.3) is 11.5 Å². The van der Waals surface area contributed by atoms with Crippen molar-refractivity contribution in [3.8, 4) is 0 Å². The van der Waals surface area contributed by atoms with Crippen molar-refractivity contribution in [3.63, 3.8) is 0 Å². The first-order valence-corrected chi connectivity index (χ1v) is 9.31. The standard InChI is InChI=1S/C22H17N5O3/c23-18-12-20(28)24-19-11-15(26-27(18)19)22(29)25-21(13-6-2-1-3-7-13)17-10-14-8-4-5-9-16(14)30-17/h1-12,21H,23H2,(H,24,28)(H,25,29). The molecule has 148 valence electrons.